The minimum atomic E-state index is 0. The number of rotatable bonds is 11. The first-order valence-electron chi connectivity index (χ1n) is 27.8. The zero-order chi connectivity index (χ0) is 50.6. The van der Waals surface area contributed by atoms with E-state index in [0.29, 0.717) is 0 Å². The molecule has 3 nitrogen and oxygen atoms in total. The Bertz CT molecular complexity index is 3530. The van der Waals surface area contributed by atoms with Gasteiger partial charge in [-0.15, -0.1) is 101 Å². The van der Waals surface area contributed by atoms with Crippen molar-refractivity contribution in [3.05, 3.63) is 259 Å². The quantitative estimate of drug-likeness (QED) is 0.121. The van der Waals surface area contributed by atoms with Gasteiger partial charge in [0.25, 0.3) is 0 Å². The molecule has 0 bridgehead atoms. The number of pyridine rings is 3. The topological polar surface area (TPSA) is 38.7 Å². The summed E-state index contributed by atoms with van der Waals surface area (Å²) in [6.45, 7) is 0. The molecule has 4 aliphatic carbocycles. The molecule has 0 spiro atoms. The van der Waals surface area contributed by atoms with E-state index in [2.05, 4.69) is 216 Å². The third kappa shape index (κ3) is 8.30. The second-order valence-corrected chi connectivity index (χ2v) is 22.4. The molecule has 0 amide bonds. The van der Waals surface area contributed by atoms with Gasteiger partial charge in [0.1, 0.15) is 0 Å². The van der Waals surface area contributed by atoms with Crippen molar-refractivity contribution in [2.24, 2.45) is 0 Å². The molecular formula is C73H60IrN3. The molecule has 0 saturated heterocycles. The molecule has 10 aromatic rings. The van der Waals surface area contributed by atoms with Gasteiger partial charge in [0.2, 0.25) is 0 Å². The third-order valence-electron chi connectivity index (χ3n) is 19.0. The average molecular weight is 1170 g/mol. The first-order valence-corrected chi connectivity index (χ1v) is 27.8. The predicted octanol–water partition coefficient (Wildman–Crippen LogP) is 18.0. The van der Waals surface area contributed by atoms with Crippen molar-refractivity contribution in [3.8, 4) is 78.3 Å². The molecule has 7 aromatic carbocycles. The van der Waals surface area contributed by atoms with E-state index in [1.807, 2.05) is 30.7 Å². The van der Waals surface area contributed by atoms with Crippen LogP contribution < -0.4 is 0 Å². The Hall–Kier alpha value is -7.36. The molecule has 3 heterocycles. The number of fused-ring (bicyclic) bond motifs is 2. The summed E-state index contributed by atoms with van der Waals surface area (Å²) in [5, 5.41) is 0. The molecule has 77 heavy (non-hydrogen) atoms. The summed E-state index contributed by atoms with van der Waals surface area (Å²) in [5.74, 6) is 0. The van der Waals surface area contributed by atoms with E-state index < -0.39 is 0 Å². The van der Waals surface area contributed by atoms with Crippen molar-refractivity contribution >= 4 is 0 Å². The molecule has 0 radical (unpaired) electrons. The maximum Gasteiger partial charge on any atom is 3.00 e. The first-order chi connectivity index (χ1) is 37.5. The smallest absolute Gasteiger partial charge is 0.305 e. The van der Waals surface area contributed by atoms with Gasteiger partial charge in [-0.05, 0) is 127 Å². The second-order valence-electron chi connectivity index (χ2n) is 22.4. The van der Waals surface area contributed by atoms with Crippen LogP contribution in [0, 0.1) is 18.2 Å². The van der Waals surface area contributed by atoms with Gasteiger partial charge in [-0.25, -0.2) is 0 Å². The molecule has 0 N–H and O–H groups in total. The van der Waals surface area contributed by atoms with Gasteiger partial charge >= 0.3 is 20.1 Å². The van der Waals surface area contributed by atoms with Crippen LogP contribution in [0.1, 0.15) is 99.3 Å². The monoisotopic (exact) mass is 1170 g/mol. The maximum absolute atomic E-state index is 4.86. The van der Waals surface area contributed by atoms with Crippen LogP contribution in [0.15, 0.2) is 219 Å². The summed E-state index contributed by atoms with van der Waals surface area (Å²) >= 11 is 0. The number of benzene rings is 7. The van der Waals surface area contributed by atoms with Crippen molar-refractivity contribution in [3.63, 3.8) is 0 Å². The van der Waals surface area contributed by atoms with E-state index >= 15 is 0 Å². The molecule has 4 aliphatic rings. The summed E-state index contributed by atoms with van der Waals surface area (Å²) in [5.41, 5.74) is 21.8. The molecular weight excluding hydrogens is 1110 g/mol. The fourth-order valence-corrected chi connectivity index (χ4v) is 15.6. The van der Waals surface area contributed by atoms with Gasteiger partial charge < -0.3 is 15.0 Å². The average Bonchev–Trinajstić information content (AvgIpc) is 4.48. The van der Waals surface area contributed by atoms with Gasteiger partial charge in [-0.2, -0.15) is 0 Å². The van der Waals surface area contributed by atoms with Crippen molar-refractivity contribution < 1.29 is 20.1 Å². The zero-order valence-corrected chi connectivity index (χ0v) is 45.8. The Morgan fingerprint density at radius 2 is 0.701 bits per heavy atom. The minimum absolute atomic E-state index is 0. The number of hydrogen-bond donors (Lipinski definition) is 0. The van der Waals surface area contributed by atoms with E-state index in [0.717, 1.165) is 44.9 Å². The maximum atomic E-state index is 4.86. The fourth-order valence-electron chi connectivity index (χ4n) is 15.6. The number of aromatic nitrogens is 3. The Balaban J connectivity index is 0.00000566. The van der Waals surface area contributed by atoms with Crippen LogP contribution in [0.4, 0.5) is 0 Å². The van der Waals surface area contributed by atoms with E-state index in [9.17, 15) is 0 Å². The number of hydrogen-bond acceptors (Lipinski definition) is 3. The van der Waals surface area contributed by atoms with Crippen molar-refractivity contribution in [1.29, 1.82) is 0 Å². The van der Waals surface area contributed by atoms with E-state index in [1.54, 1.807) is 11.1 Å². The summed E-state index contributed by atoms with van der Waals surface area (Å²) in [6, 6.07) is 85.2. The molecule has 376 valence electrons. The van der Waals surface area contributed by atoms with E-state index in [4.69, 9.17) is 4.98 Å². The third-order valence-corrected chi connectivity index (χ3v) is 19.0. The van der Waals surface area contributed by atoms with E-state index in [1.165, 1.54) is 122 Å². The van der Waals surface area contributed by atoms with Crippen LogP contribution in [0.25, 0.3) is 78.3 Å². The van der Waals surface area contributed by atoms with Crippen molar-refractivity contribution in [2.75, 3.05) is 0 Å². The van der Waals surface area contributed by atoms with Crippen LogP contribution in [-0.4, -0.2) is 15.0 Å². The van der Waals surface area contributed by atoms with Crippen molar-refractivity contribution in [1.82, 2.24) is 15.0 Å². The largest absolute Gasteiger partial charge is 3.00 e. The normalized spacial score (nSPS) is 22.3. The Morgan fingerprint density at radius 3 is 1.18 bits per heavy atom. The number of nitrogens with zero attached hydrogens (tertiary/aromatic N) is 3. The van der Waals surface area contributed by atoms with Gasteiger partial charge in [0.05, 0.1) is 0 Å². The molecule has 0 unspecified atom stereocenters. The second kappa shape index (κ2) is 20.2. The van der Waals surface area contributed by atoms with Gasteiger partial charge in [0.15, 0.2) is 0 Å². The summed E-state index contributed by atoms with van der Waals surface area (Å²) in [4.78, 5) is 14.2. The van der Waals surface area contributed by atoms with Crippen LogP contribution in [-0.2, 0) is 41.8 Å². The van der Waals surface area contributed by atoms with E-state index in [-0.39, 0.29) is 41.8 Å². The summed E-state index contributed by atoms with van der Waals surface area (Å²) in [6.07, 6.45) is 20.2. The SMILES string of the molecule is [Ir+3].[c-]1cc(C23CCCC2(c2cc(-c4ccccc4-c4c[c-]c(-c5cc(-c6ccc(-c7ccccc7)cc6)ccn5)cc4)cc(C45CCCC4(c4c[c-]c(-c6ccccn6)cc4)CCC5)c2)CCC3)ccc1-c1ccccn1. The Kier molecular flexibility index (Phi) is 12.9. The molecule has 3 aromatic heterocycles. The molecule has 4 heteroatoms. The Labute approximate surface area is 468 Å². The Morgan fingerprint density at radius 1 is 0.286 bits per heavy atom. The van der Waals surface area contributed by atoms with Crippen molar-refractivity contribution in [2.45, 2.75) is 98.7 Å². The van der Waals surface area contributed by atoms with Gasteiger partial charge in [0, 0.05) is 18.6 Å². The summed E-state index contributed by atoms with van der Waals surface area (Å²) < 4.78 is 0. The predicted molar refractivity (Wildman–Crippen MR) is 309 cm³/mol. The molecule has 4 saturated carbocycles. The van der Waals surface area contributed by atoms with Crippen LogP contribution in [0.3, 0.4) is 0 Å². The zero-order valence-electron chi connectivity index (χ0n) is 43.4. The molecule has 0 atom stereocenters. The van der Waals surface area contributed by atoms with Crippen LogP contribution in [0.2, 0.25) is 0 Å². The minimum Gasteiger partial charge on any atom is -0.305 e. The van der Waals surface area contributed by atoms with Crippen LogP contribution in [0.5, 0.6) is 0 Å². The fraction of sp³-hybridized carbons (Fsp3) is 0.219. The van der Waals surface area contributed by atoms with Gasteiger partial charge in [-0.3, -0.25) is 0 Å². The standard InChI is InChI=1S/C73H60N3.Ir/c1-2-14-52(15-3-1)53-20-22-54(23-21-53)59-36-47-76-69(50-59)58-26-24-55(25-27-58)65-16-4-5-17-66(65)60-48-63(72-41-10-37-70(72,38-11-42-72)61-32-28-56(29-33-61)67-18-6-8-45-74-67)51-64(49-60)73-43-12-39-71(73,40-13-44-73)62-34-30-57(31-35-62)68-19-7-9-46-75-68;/h1-9,14-26,28,30,32-36,45-51H,10-13,37-44H2;/q-3;+3. The molecule has 14 rings (SSSR count). The molecule has 4 fully saturated rings. The summed E-state index contributed by atoms with van der Waals surface area (Å²) in [7, 11) is 0. The van der Waals surface area contributed by atoms with Gasteiger partial charge in [-0.1, -0.05) is 190 Å². The first kappa shape index (κ1) is 49.2. The molecule has 0 aliphatic heterocycles. The van der Waals surface area contributed by atoms with Crippen LogP contribution >= 0.6 is 0 Å².